The molecule has 6 N–H and O–H groups in total. The normalized spacial score (nSPS) is 12.0. The fourth-order valence-corrected chi connectivity index (χ4v) is 14.8. The number of carbonyl (C=O) groups is 12. The number of ether oxygens (including phenoxy) is 6. The maximum absolute atomic E-state index is 12.4. The summed E-state index contributed by atoms with van der Waals surface area (Å²) in [6, 6.07) is 53.3. The molecule has 0 saturated carbocycles. The molecule has 0 aliphatic carbocycles. The van der Waals surface area contributed by atoms with Crippen molar-refractivity contribution in [3.05, 3.63) is 215 Å². The third-order valence-electron chi connectivity index (χ3n) is 16.1. The van der Waals surface area contributed by atoms with Crippen LogP contribution in [0.3, 0.4) is 0 Å². The van der Waals surface area contributed by atoms with Crippen molar-refractivity contribution < 1.29 is 86.0 Å². The van der Waals surface area contributed by atoms with Gasteiger partial charge in [-0.2, -0.15) is 70.6 Å². The van der Waals surface area contributed by atoms with E-state index in [9.17, 15) is 57.5 Å². The second-order valence-corrected chi connectivity index (χ2v) is 48.4. The van der Waals surface area contributed by atoms with Crippen molar-refractivity contribution in [3.8, 4) is 0 Å². The molecule has 6 atom stereocenters. The molecule has 0 aliphatic rings. The molecule has 0 unspecified atom stereocenters. The van der Waals surface area contributed by atoms with Crippen LogP contribution in [0.25, 0.3) is 0 Å². The molecule has 0 aromatic heterocycles. The van der Waals surface area contributed by atoms with E-state index in [1.165, 1.54) is 0 Å². The molecule has 0 saturated heterocycles. The first-order valence-electron chi connectivity index (χ1n) is 44.3. The molecule has 0 spiro atoms. The Morgan fingerprint density at radius 3 is 0.761 bits per heavy atom. The number of hydrogen-bond donors (Lipinski definition) is 3. The number of ketones is 3. The lowest BCUT2D eigenvalue weighted by molar-refractivity contribution is -0.152. The van der Waals surface area contributed by atoms with E-state index in [0.717, 1.165) is 11.1 Å². The van der Waals surface area contributed by atoms with Crippen molar-refractivity contribution in [1.82, 2.24) is 0 Å². The Hall–Kier alpha value is -6.41. The number of esters is 6. The van der Waals surface area contributed by atoms with Gasteiger partial charge in [0, 0.05) is 117 Å². The third kappa shape index (κ3) is 86.3. The Balaban J connectivity index is -0.000000234. The number of Topliss-reactive ketones (excluding diaryl/α,β-unsaturated/α-hetero) is 3. The second-order valence-electron chi connectivity index (χ2n) is 36.2. The molecule has 32 heteroatoms. The Kier molecular flexibility index (Phi) is 86.2. The fraction of sp³-hybridized carbons (Fsp3) is 0.547. The summed E-state index contributed by atoms with van der Waals surface area (Å²) >= 11 is 25.2. The highest BCUT2D eigenvalue weighted by molar-refractivity contribution is 8.01. The summed E-state index contributed by atoms with van der Waals surface area (Å²) in [5, 5.41) is -1.09. The molecule has 0 bridgehead atoms. The van der Waals surface area contributed by atoms with Crippen molar-refractivity contribution in [3.63, 3.8) is 0 Å². The smallest absolute Gasteiger partial charge is 0.324 e. The number of thioether (sulfide) groups is 6. The predicted octanol–water partition coefficient (Wildman–Crippen LogP) is 26.4. The van der Waals surface area contributed by atoms with Crippen molar-refractivity contribution >= 4 is 199 Å². The molecule has 784 valence electrons. The molecule has 0 fully saturated rings. The Morgan fingerprint density at radius 1 is 0.297 bits per heavy atom. The van der Waals surface area contributed by atoms with Crippen LogP contribution in [0.1, 0.15) is 287 Å². The van der Waals surface area contributed by atoms with Crippen LogP contribution in [0, 0.1) is 17.8 Å². The van der Waals surface area contributed by atoms with Crippen LogP contribution < -0.4 is 17.2 Å². The van der Waals surface area contributed by atoms with E-state index >= 15 is 0 Å². The monoisotopic (exact) mass is 2140 g/mol. The van der Waals surface area contributed by atoms with E-state index in [2.05, 4.69) is 125 Å². The van der Waals surface area contributed by atoms with E-state index in [0.29, 0.717) is 82.8 Å². The quantitative estimate of drug-likeness (QED) is 0.0140. The third-order valence-corrected chi connectivity index (χ3v) is 25.3. The summed E-state index contributed by atoms with van der Waals surface area (Å²) in [4.78, 5) is 137. The van der Waals surface area contributed by atoms with Crippen LogP contribution in [-0.2, 0) is 80.0 Å². The van der Waals surface area contributed by atoms with E-state index in [-0.39, 0.29) is 191 Å². The van der Waals surface area contributed by atoms with Crippen molar-refractivity contribution in [2.45, 2.75) is 306 Å². The molecule has 138 heavy (non-hydrogen) atoms. The first kappa shape index (κ1) is 147. The zero-order valence-corrected chi connectivity index (χ0v) is 92.8. The van der Waals surface area contributed by atoms with Crippen LogP contribution in [-0.4, -0.2) is 175 Å². The van der Waals surface area contributed by atoms with Gasteiger partial charge >= 0.3 is 35.8 Å². The van der Waals surface area contributed by atoms with Gasteiger partial charge in [-0.3, -0.25) is 57.5 Å². The van der Waals surface area contributed by atoms with Crippen molar-refractivity contribution in [2.75, 3.05) is 47.7 Å². The SMILES string of the molecule is C.C.C.CC(C)(C)SC[C@H](N)C(=O)OCc1ccccc1.CC(C)OC(=O)[C@@H](N)CSC(C)(C)C.CC(C)OC(=O)[C@H](CSC(C)(C)C)CC(=O)c1ccccc1.CCC(=O)C[C@@H](CSC(C)(C)C)C(=O)OCc1ccccc1.CCC(=O)Cl.CCOC(=O)[C@@H](N)CSC(C)(C)C.CCOC(=O)[C@H](CSC(C)(C)C)CC(=O)c1ccccc1.Cl.Cl.O=C(Cl)c1ccccc1.O=C(Cl)c1ccccc1. The van der Waals surface area contributed by atoms with Crippen LogP contribution in [0.2, 0.25) is 0 Å². The van der Waals surface area contributed by atoms with Gasteiger partial charge in [0.2, 0.25) is 5.24 Å². The minimum Gasteiger partial charge on any atom is -0.466 e. The number of carbonyl (C=O) groups excluding carboxylic acids is 12. The molecule has 0 aliphatic heterocycles. The van der Waals surface area contributed by atoms with Gasteiger partial charge in [-0.15, -0.1) is 24.8 Å². The van der Waals surface area contributed by atoms with E-state index < -0.39 is 34.5 Å². The number of rotatable bonds is 38. The lowest BCUT2D eigenvalue weighted by Gasteiger charge is -2.22. The van der Waals surface area contributed by atoms with Crippen LogP contribution >= 0.6 is 130 Å². The molecule has 21 nitrogen and oxygen atoms in total. The Labute approximate surface area is 882 Å². The van der Waals surface area contributed by atoms with E-state index in [1.807, 2.05) is 144 Å². The molecular weight excluding hydrogens is 1970 g/mol. The molecule has 0 amide bonds. The van der Waals surface area contributed by atoms with Crippen molar-refractivity contribution in [1.29, 1.82) is 0 Å². The van der Waals surface area contributed by atoms with Gasteiger partial charge in [-0.1, -0.05) is 343 Å². The Morgan fingerprint density at radius 2 is 0.514 bits per heavy atom. The number of halogens is 5. The van der Waals surface area contributed by atoms with Crippen LogP contribution in [0.15, 0.2) is 182 Å². The molecular formula is C106H166Cl5N3O18S6. The molecule has 6 aromatic rings. The molecule has 0 heterocycles. The molecule has 6 rings (SSSR count). The maximum Gasteiger partial charge on any atom is 0.324 e. The summed E-state index contributed by atoms with van der Waals surface area (Å²) in [6.45, 7) is 53.4. The minimum atomic E-state index is -0.557. The highest BCUT2D eigenvalue weighted by Gasteiger charge is 2.31. The summed E-state index contributed by atoms with van der Waals surface area (Å²) in [5.74, 6) is 0.747. The zero-order valence-electron chi connectivity index (χ0n) is 84.0. The molecule has 0 radical (unpaired) electrons. The van der Waals surface area contributed by atoms with E-state index in [4.69, 9.17) is 80.4 Å². The predicted molar refractivity (Wildman–Crippen MR) is 596 cm³/mol. The lowest BCUT2D eigenvalue weighted by atomic mass is 10.00. The fourth-order valence-electron chi connectivity index (χ4n) is 9.23. The van der Waals surface area contributed by atoms with Crippen molar-refractivity contribution in [2.24, 2.45) is 35.0 Å². The van der Waals surface area contributed by atoms with Crippen LogP contribution in [0.5, 0.6) is 0 Å². The van der Waals surface area contributed by atoms with Gasteiger partial charge in [-0.05, 0) is 87.5 Å². The first-order valence-corrected chi connectivity index (χ1v) is 51.4. The summed E-state index contributed by atoms with van der Waals surface area (Å²) in [6.07, 6.45) is 1.30. The van der Waals surface area contributed by atoms with E-state index in [1.54, 1.807) is 164 Å². The van der Waals surface area contributed by atoms with Gasteiger partial charge < -0.3 is 45.6 Å². The number of benzene rings is 6. The summed E-state index contributed by atoms with van der Waals surface area (Å²) < 4.78 is 31.3. The van der Waals surface area contributed by atoms with Crippen LogP contribution in [0.4, 0.5) is 0 Å². The highest BCUT2D eigenvalue weighted by atomic mass is 35.5. The average molecular weight is 2140 g/mol. The van der Waals surface area contributed by atoms with Gasteiger partial charge in [0.05, 0.1) is 43.2 Å². The maximum atomic E-state index is 12.4. The Bertz CT molecular complexity index is 4220. The van der Waals surface area contributed by atoms with Gasteiger partial charge in [0.15, 0.2) is 11.6 Å². The zero-order chi connectivity index (χ0) is 102. The summed E-state index contributed by atoms with van der Waals surface area (Å²) in [7, 11) is 0. The second kappa shape index (κ2) is 81.0. The summed E-state index contributed by atoms with van der Waals surface area (Å²) in [5.41, 5.74) is 21.4. The topological polar surface area (TPSA) is 338 Å². The van der Waals surface area contributed by atoms with Gasteiger partial charge in [0.25, 0.3) is 10.5 Å². The number of nitrogens with two attached hydrogens (primary N) is 3. The minimum absolute atomic E-state index is 0. The van der Waals surface area contributed by atoms with Gasteiger partial charge in [-0.25, -0.2) is 0 Å². The highest BCUT2D eigenvalue weighted by Crippen LogP contribution is 2.32. The number of hydrogen-bond acceptors (Lipinski definition) is 27. The largest absolute Gasteiger partial charge is 0.466 e. The first-order chi connectivity index (χ1) is 61.7. The lowest BCUT2D eigenvalue weighted by Crippen LogP contribution is -2.37. The van der Waals surface area contributed by atoms with Gasteiger partial charge in [0.1, 0.15) is 37.1 Å². The molecule has 6 aromatic carbocycles. The standard InChI is InChI=1S/2C18H26O3S.C17H24O3S.C14H21NO2S.C10H21NO2S.C9H19NO2S.2C7H5ClO.C3H5ClO.3CH4.2ClH/c1-13(2)21-17(20)15(12-22-18(3,4)5)11-16(19)14-9-7-6-8-10-14;1-5-16(19)11-15(13-22-18(2,3)4)17(20)21-12-14-9-7-6-8-10-14;1-5-20-16(19)14(12-21-17(2,3)4)11-15(18)13-9-7-6-8-10-13;1-14(2,3)18-10-12(15)13(16)17-9-11-7-5-4-6-8-11;1-7(2)13-9(12)8(11)6-14-10(3,4)5;1-5-12-8(11)7(10)6-13-9(2,3)4;2*8-7(9)6-4-2-1-3-5-6;1-2-3(4)5;;;;;/h6-10,13,15H,11-12H2,1-5H3;6-10,15H,5,11-13H2,1-4H3;6-10,14H,5,11-12H2,1-4H3;4-8,12H,9-10,15H2,1-3H3;7-8H,6,11H2,1-5H3;7H,5-6,10H2,1-4H3;2*1-5H;2H2,1H3;3*1H4;2*1H/t2*15-;14-;12-;8-;7-;;;;;;;;/m000000......../s1. The average Bonchev–Trinajstić information content (AvgIpc) is 0.872.